The van der Waals surface area contributed by atoms with Crippen molar-refractivity contribution in [3.8, 4) is 0 Å². The van der Waals surface area contributed by atoms with E-state index in [-0.39, 0.29) is 11.5 Å². The molecule has 1 N–H and O–H groups in total. The van der Waals surface area contributed by atoms with Crippen LogP contribution in [0.25, 0.3) is 10.9 Å². The Hall–Kier alpha value is -1.82. The minimum Gasteiger partial charge on any atom is -0.353 e. The number of hydrogen-bond donors (Lipinski definition) is 1. The van der Waals surface area contributed by atoms with Crippen molar-refractivity contribution in [1.29, 1.82) is 0 Å². The molecule has 2 aromatic rings. The Kier molecular flexibility index (Phi) is 6.35. The molecule has 0 radical (unpaired) electrons. The molecule has 0 aliphatic heterocycles. The third-order valence-corrected chi connectivity index (χ3v) is 5.65. The molecule has 6 heteroatoms. The van der Waals surface area contributed by atoms with Gasteiger partial charge >= 0.3 is 0 Å². The van der Waals surface area contributed by atoms with Gasteiger partial charge in [-0.15, -0.1) is 0 Å². The number of nitrogens with one attached hydrogen (secondary N) is 1. The summed E-state index contributed by atoms with van der Waals surface area (Å²) in [6.45, 7) is 4.75. The smallest absolute Gasteiger partial charge is 0.262 e. The van der Waals surface area contributed by atoms with Crippen LogP contribution in [0.1, 0.15) is 46.0 Å². The Bertz CT molecular complexity index is 825. The van der Waals surface area contributed by atoms with Crippen molar-refractivity contribution >= 4 is 28.6 Å². The second-order valence-electron chi connectivity index (χ2n) is 7.41. The van der Waals surface area contributed by atoms with E-state index in [0.717, 1.165) is 12.8 Å². The number of carbonyl (C=O) groups is 1. The summed E-state index contributed by atoms with van der Waals surface area (Å²) in [7, 11) is 0. The van der Waals surface area contributed by atoms with Crippen LogP contribution in [-0.4, -0.2) is 27.3 Å². The molecule has 0 saturated heterocycles. The number of amides is 1. The topological polar surface area (TPSA) is 64.0 Å². The van der Waals surface area contributed by atoms with Gasteiger partial charge in [-0.1, -0.05) is 57.0 Å². The molecule has 1 aliphatic rings. The molecular formula is C20H27N3O2S. The number of benzene rings is 1. The van der Waals surface area contributed by atoms with E-state index in [4.69, 9.17) is 0 Å². The monoisotopic (exact) mass is 373 g/mol. The van der Waals surface area contributed by atoms with Crippen molar-refractivity contribution in [2.75, 3.05) is 5.75 Å². The zero-order chi connectivity index (χ0) is 18.5. The molecule has 1 aliphatic carbocycles. The van der Waals surface area contributed by atoms with Gasteiger partial charge in [0.1, 0.15) is 0 Å². The summed E-state index contributed by atoms with van der Waals surface area (Å²) in [6.07, 6.45) is 5.80. The first-order valence-corrected chi connectivity index (χ1v) is 10.4. The number of thioether (sulfide) groups is 1. The highest BCUT2D eigenvalue weighted by Gasteiger charge is 2.17. The molecule has 0 atom stereocenters. The SMILES string of the molecule is CC(C)Cn1c(SCC(=O)NC2CCCCC2)nc2ccccc2c1=O. The van der Waals surface area contributed by atoms with E-state index in [1.165, 1.54) is 31.0 Å². The maximum atomic E-state index is 12.9. The van der Waals surface area contributed by atoms with Crippen LogP contribution in [0.2, 0.25) is 0 Å². The fourth-order valence-corrected chi connectivity index (χ4v) is 4.25. The third kappa shape index (κ3) is 4.67. The maximum Gasteiger partial charge on any atom is 0.262 e. The average molecular weight is 374 g/mol. The first kappa shape index (κ1) is 19.0. The van der Waals surface area contributed by atoms with Crippen molar-refractivity contribution in [3.05, 3.63) is 34.6 Å². The third-order valence-electron chi connectivity index (χ3n) is 4.68. The Morgan fingerprint density at radius 1 is 1.27 bits per heavy atom. The van der Waals surface area contributed by atoms with Crippen LogP contribution in [0.15, 0.2) is 34.2 Å². The van der Waals surface area contributed by atoms with Crippen molar-refractivity contribution in [2.45, 2.75) is 63.7 Å². The molecular weight excluding hydrogens is 346 g/mol. The predicted molar refractivity (Wildman–Crippen MR) is 107 cm³/mol. The number of fused-ring (bicyclic) bond motifs is 1. The molecule has 26 heavy (non-hydrogen) atoms. The number of carbonyl (C=O) groups excluding carboxylic acids is 1. The summed E-state index contributed by atoms with van der Waals surface area (Å²) in [6, 6.07) is 7.70. The van der Waals surface area contributed by atoms with E-state index in [1.54, 1.807) is 4.57 Å². The molecule has 0 unspecified atom stereocenters. The van der Waals surface area contributed by atoms with Crippen molar-refractivity contribution in [1.82, 2.24) is 14.9 Å². The van der Waals surface area contributed by atoms with Crippen molar-refractivity contribution < 1.29 is 4.79 Å². The lowest BCUT2D eigenvalue weighted by Crippen LogP contribution is -2.37. The van der Waals surface area contributed by atoms with Gasteiger partial charge in [0.25, 0.3) is 5.56 Å². The van der Waals surface area contributed by atoms with Crippen LogP contribution in [0.3, 0.4) is 0 Å². The van der Waals surface area contributed by atoms with E-state index < -0.39 is 0 Å². The summed E-state index contributed by atoms with van der Waals surface area (Å²) in [5.41, 5.74) is 0.659. The summed E-state index contributed by atoms with van der Waals surface area (Å²) in [4.78, 5) is 29.8. The summed E-state index contributed by atoms with van der Waals surface area (Å²) >= 11 is 1.35. The lowest BCUT2D eigenvalue weighted by Gasteiger charge is -2.22. The maximum absolute atomic E-state index is 12.9. The molecule has 5 nitrogen and oxygen atoms in total. The molecule has 0 bridgehead atoms. The van der Waals surface area contributed by atoms with Gasteiger partial charge in [0.2, 0.25) is 5.91 Å². The number of rotatable bonds is 6. The second kappa shape index (κ2) is 8.71. The normalized spacial score (nSPS) is 15.5. The van der Waals surface area contributed by atoms with Gasteiger partial charge in [0.05, 0.1) is 16.7 Å². The Balaban J connectivity index is 1.77. The quantitative estimate of drug-likeness (QED) is 0.621. The molecule has 0 spiro atoms. The van der Waals surface area contributed by atoms with Crippen molar-refractivity contribution in [2.24, 2.45) is 5.92 Å². The van der Waals surface area contributed by atoms with Gasteiger partial charge in [-0.3, -0.25) is 14.2 Å². The predicted octanol–water partition coefficient (Wildman–Crippen LogP) is 3.59. The van der Waals surface area contributed by atoms with Gasteiger partial charge in [-0.2, -0.15) is 0 Å². The Morgan fingerprint density at radius 2 is 2.00 bits per heavy atom. The molecule has 1 aromatic heterocycles. The van der Waals surface area contributed by atoms with Gasteiger partial charge in [-0.05, 0) is 30.9 Å². The van der Waals surface area contributed by atoms with E-state index >= 15 is 0 Å². The fourth-order valence-electron chi connectivity index (χ4n) is 3.43. The summed E-state index contributed by atoms with van der Waals surface area (Å²) < 4.78 is 1.71. The zero-order valence-electron chi connectivity index (χ0n) is 15.5. The van der Waals surface area contributed by atoms with E-state index in [1.807, 2.05) is 24.3 Å². The summed E-state index contributed by atoms with van der Waals surface area (Å²) in [5.74, 6) is 0.644. The fraction of sp³-hybridized carbons (Fsp3) is 0.550. The van der Waals surface area contributed by atoms with Crippen molar-refractivity contribution in [3.63, 3.8) is 0 Å². The largest absolute Gasteiger partial charge is 0.353 e. The molecule has 1 aromatic carbocycles. The highest BCUT2D eigenvalue weighted by Crippen LogP contribution is 2.20. The molecule has 1 amide bonds. The van der Waals surface area contributed by atoms with Gasteiger partial charge in [0, 0.05) is 12.6 Å². The number of para-hydroxylation sites is 1. The molecule has 1 fully saturated rings. The van der Waals surface area contributed by atoms with E-state index in [9.17, 15) is 9.59 Å². The van der Waals surface area contributed by atoms with E-state index in [2.05, 4.69) is 24.1 Å². The van der Waals surface area contributed by atoms with Crippen LogP contribution in [0, 0.1) is 5.92 Å². The van der Waals surface area contributed by atoms with E-state index in [0.29, 0.717) is 40.3 Å². The van der Waals surface area contributed by atoms with Crippen LogP contribution in [0.4, 0.5) is 0 Å². The van der Waals surface area contributed by atoms with Gasteiger partial charge < -0.3 is 5.32 Å². The highest BCUT2D eigenvalue weighted by molar-refractivity contribution is 7.99. The second-order valence-corrected chi connectivity index (χ2v) is 8.35. The Labute approximate surface area is 158 Å². The average Bonchev–Trinajstić information content (AvgIpc) is 2.63. The lowest BCUT2D eigenvalue weighted by atomic mass is 9.95. The number of nitrogens with zero attached hydrogens (tertiary/aromatic N) is 2. The lowest BCUT2D eigenvalue weighted by molar-refractivity contribution is -0.119. The van der Waals surface area contributed by atoms with Gasteiger partial charge in [0.15, 0.2) is 5.16 Å². The minimum atomic E-state index is -0.0283. The number of aromatic nitrogens is 2. The first-order chi connectivity index (χ1) is 12.5. The minimum absolute atomic E-state index is 0.0282. The summed E-state index contributed by atoms with van der Waals surface area (Å²) in [5, 5.41) is 4.38. The first-order valence-electron chi connectivity index (χ1n) is 9.46. The Morgan fingerprint density at radius 3 is 2.73 bits per heavy atom. The van der Waals surface area contributed by atoms with Crippen LogP contribution in [-0.2, 0) is 11.3 Å². The highest BCUT2D eigenvalue weighted by atomic mass is 32.2. The zero-order valence-corrected chi connectivity index (χ0v) is 16.3. The molecule has 140 valence electrons. The number of hydrogen-bond acceptors (Lipinski definition) is 4. The van der Waals surface area contributed by atoms with Crippen LogP contribution < -0.4 is 10.9 Å². The van der Waals surface area contributed by atoms with Crippen LogP contribution in [0.5, 0.6) is 0 Å². The van der Waals surface area contributed by atoms with Gasteiger partial charge in [-0.25, -0.2) is 4.98 Å². The standard InChI is InChI=1S/C20H27N3O2S/c1-14(2)12-23-19(25)16-10-6-7-11-17(16)22-20(23)26-13-18(24)21-15-8-4-3-5-9-15/h6-7,10-11,14-15H,3-5,8-9,12-13H2,1-2H3,(H,21,24). The molecule has 1 heterocycles. The van der Waals surface area contributed by atoms with Crippen LogP contribution >= 0.6 is 11.8 Å². The molecule has 1 saturated carbocycles. The molecule has 3 rings (SSSR count).